The summed E-state index contributed by atoms with van der Waals surface area (Å²) in [6.07, 6.45) is 9.83. The van der Waals surface area contributed by atoms with Gasteiger partial charge in [-0.05, 0) is 75.4 Å². The third-order valence-electron chi connectivity index (χ3n) is 7.33. The molecule has 1 unspecified atom stereocenters. The summed E-state index contributed by atoms with van der Waals surface area (Å²) in [6.45, 7) is 25.2. The first kappa shape index (κ1) is 25.2. The Labute approximate surface area is 200 Å². The second-order valence-corrected chi connectivity index (χ2v) is 10.4. The molecule has 4 heteroatoms. The van der Waals surface area contributed by atoms with Gasteiger partial charge in [0.2, 0.25) is 0 Å². The Hall–Kier alpha value is -2.43. The fourth-order valence-electron chi connectivity index (χ4n) is 4.75. The standard InChI is InChI=1S/C29H38BNO2/c1-11-18-31-25(13-3)26-21-16-14-15-17-24(21)27(5,6)23(12-2)22(26)19-20(4)30-32-28(7,8)29(9,10)33-30/h11-19,26H,2-3H2,1,4-10H3/b18-11-,20-19+,31-25+. The molecule has 1 atom stereocenters. The minimum absolute atomic E-state index is 0.0618. The van der Waals surface area contributed by atoms with Crippen LogP contribution in [0.4, 0.5) is 0 Å². The molecule has 2 aliphatic rings. The molecule has 174 valence electrons. The molecule has 1 aliphatic heterocycles. The Bertz CT molecular complexity index is 1050. The van der Waals surface area contributed by atoms with Gasteiger partial charge < -0.3 is 9.31 Å². The molecule has 1 saturated heterocycles. The SMILES string of the molecule is C=CC1=C(/C=C(\C)B2OC(C)(C)C(C)(C)O2)C(/C(C=C)=N/C=C\C)c2ccccc2C1(C)C. The van der Waals surface area contributed by atoms with Crippen LogP contribution in [0.25, 0.3) is 0 Å². The first-order valence-electron chi connectivity index (χ1n) is 11.7. The Morgan fingerprint density at radius 2 is 1.64 bits per heavy atom. The zero-order valence-electron chi connectivity index (χ0n) is 21.5. The van der Waals surface area contributed by atoms with Crippen molar-refractivity contribution in [2.24, 2.45) is 4.99 Å². The molecule has 1 heterocycles. The second-order valence-electron chi connectivity index (χ2n) is 10.4. The first-order valence-corrected chi connectivity index (χ1v) is 11.7. The lowest BCUT2D eigenvalue weighted by molar-refractivity contribution is 0.00578. The summed E-state index contributed by atoms with van der Waals surface area (Å²) in [7, 11) is -0.408. The molecule has 1 aromatic carbocycles. The van der Waals surface area contributed by atoms with E-state index in [9.17, 15) is 0 Å². The summed E-state index contributed by atoms with van der Waals surface area (Å²) in [6, 6.07) is 8.61. The number of rotatable bonds is 6. The van der Waals surface area contributed by atoms with Crippen molar-refractivity contribution in [3.05, 3.63) is 95.7 Å². The van der Waals surface area contributed by atoms with Crippen LogP contribution in [0.15, 0.2) is 89.5 Å². The molecule has 0 spiro atoms. The average Bonchev–Trinajstić information content (AvgIpc) is 2.97. The van der Waals surface area contributed by atoms with E-state index in [1.165, 1.54) is 16.7 Å². The molecular weight excluding hydrogens is 405 g/mol. The molecule has 0 saturated carbocycles. The van der Waals surface area contributed by atoms with Crippen LogP contribution in [0.1, 0.15) is 72.4 Å². The number of hydrogen-bond donors (Lipinski definition) is 0. The van der Waals surface area contributed by atoms with Crippen LogP contribution in [-0.4, -0.2) is 24.0 Å². The molecule has 0 N–H and O–H groups in total. The maximum absolute atomic E-state index is 6.34. The summed E-state index contributed by atoms with van der Waals surface area (Å²) in [5, 5.41) is 0. The Morgan fingerprint density at radius 3 is 2.18 bits per heavy atom. The fraction of sp³-hybridized carbons (Fsp3) is 0.414. The largest absolute Gasteiger partial charge is 0.490 e. The van der Waals surface area contributed by atoms with Gasteiger partial charge in [-0.3, -0.25) is 4.99 Å². The topological polar surface area (TPSA) is 30.8 Å². The quantitative estimate of drug-likeness (QED) is 0.342. The molecule has 1 aliphatic carbocycles. The van der Waals surface area contributed by atoms with E-state index in [0.29, 0.717) is 0 Å². The normalized spacial score (nSPS) is 24.2. The van der Waals surface area contributed by atoms with Crippen molar-refractivity contribution >= 4 is 12.8 Å². The molecule has 0 amide bonds. The van der Waals surface area contributed by atoms with Crippen LogP contribution < -0.4 is 0 Å². The van der Waals surface area contributed by atoms with Crippen LogP contribution in [0.5, 0.6) is 0 Å². The van der Waals surface area contributed by atoms with E-state index in [0.717, 1.165) is 16.8 Å². The van der Waals surface area contributed by atoms with Gasteiger partial charge in [0.15, 0.2) is 0 Å². The third-order valence-corrected chi connectivity index (χ3v) is 7.33. The summed E-state index contributed by atoms with van der Waals surface area (Å²) < 4.78 is 12.7. The predicted octanol–water partition coefficient (Wildman–Crippen LogP) is 7.28. The maximum atomic E-state index is 6.34. The first-order chi connectivity index (χ1) is 15.4. The van der Waals surface area contributed by atoms with Crippen LogP contribution in [0.3, 0.4) is 0 Å². The van der Waals surface area contributed by atoms with E-state index in [-0.39, 0.29) is 22.5 Å². The van der Waals surface area contributed by atoms with Crippen molar-refractivity contribution in [3.63, 3.8) is 0 Å². The van der Waals surface area contributed by atoms with E-state index < -0.39 is 7.12 Å². The molecule has 1 fully saturated rings. The fourth-order valence-corrected chi connectivity index (χ4v) is 4.75. The van der Waals surface area contributed by atoms with Crippen LogP contribution in [0.2, 0.25) is 0 Å². The van der Waals surface area contributed by atoms with E-state index >= 15 is 0 Å². The molecule has 0 radical (unpaired) electrons. The number of benzene rings is 1. The van der Waals surface area contributed by atoms with Gasteiger partial charge in [-0.15, -0.1) is 0 Å². The molecular formula is C29H38BNO2. The molecule has 3 nitrogen and oxygen atoms in total. The van der Waals surface area contributed by atoms with Gasteiger partial charge in [-0.1, -0.05) is 69.5 Å². The van der Waals surface area contributed by atoms with Gasteiger partial charge in [0.1, 0.15) is 0 Å². The molecule has 33 heavy (non-hydrogen) atoms. The smallest absolute Gasteiger partial charge is 0.400 e. The van der Waals surface area contributed by atoms with Crippen molar-refractivity contribution in [3.8, 4) is 0 Å². The van der Waals surface area contributed by atoms with Crippen LogP contribution >= 0.6 is 0 Å². The van der Waals surface area contributed by atoms with Crippen molar-refractivity contribution in [1.29, 1.82) is 0 Å². The monoisotopic (exact) mass is 443 g/mol. The lowest BCUT2D eigenvalue weighted by Crippen LogP contribution is -2.41. The Balaban J connectivity index is 2.25. The summed E-state index contributed by atoms with van der Waals surface area (Å²) >= 11 is 0. The zero-order chi connectivity index (χ0) is 24.6. The van der Waals surface area contributed by atoms with Gasteiger partial charge >= 0.3 is 7.12 Å². The summed E-state index contributed by atoms with van der Waals surface area (Å²) in [5.41, 5.74) is 5.81. The molecule has 1 aromatic rings. The van der Waals surface area contributed by atoms with E-state index in [4.69, 9.17) is 14.3 Å². The highest BCUT2D eigenvalue weighted by Gasteiger charge is 2.52. The lowest BCUT2D eigenvalue weighted by atomic mass is 9.63. The number of nitrogens with zero attached hydrogens (tertiary/aromatic N) is 1. The number of aliphatic imine (C=N–C) groups is 1. The van der Waals surface area contributed by atoms with Gasteiger partial charge in [-0.25, -0.2) is 0 Å². The maximum Gasteiger partial charge on any atom is 0.490 e. The molecule has 0 aromatic heterocycles. The van der Waals surface area contributed by atoms with Gasteiger partial charge in [0, 0.05) is 11.6 Å². The number of hydrogen-bond acceptors (Lipinski definition) is 3. The van der Waals surface area contributed by atoms with Crippen molar-refractivity contribution in [1.82, 2.24) is 0 Å². The summed E-state index contributed by atoms with van der Waals surface area (Å²) in [5.74, 6) is -0.0618. The van der Waals surface area contributed by atoms with E-state index in [1.807, 2.05) is 31.4 Å². The minimum atomic E-state index is -0.408. The van der Waals surface area contributed by atoms with Gasteiger partial charge in [0.25, 0.3) is 0 Å². The predicted molar refractivity (Wildman–Crippen MR) is 142 cm³/mol. The Kier molecular flexibility index (Phi) is 6.93. The van der Waals surface area contributed by atoms with Gasteiger partial charge in [0.05, 0.1) is 22.8 Å². The van der Waals surface area contributed by atoms with Crippen LogP contribution in [0, 0.1) is 0 Å². The number of allylic oxidation sites excluding steroid dienone is 7. The second kappa shape index (κ2) is 9.08. The highest BCUT2D eigenvalue weighted by atomic mass is 16.7. The minimum Gasteiger partial charge on any atom is -0.400 e. The zero-order valence-corrected chi connectivity index (χ0v) is 21.5. The van der Waals surface area contributed by atoms with Crippen molar-refractivity contribution in [2.45, 2.75) is 77.9 Å². The van der Waals surface area contributed by atoms with E-state index in [1.54, 1.807) is 0 Å². The Morgan fingerprint density at radius 1 is 1.03 bits per heavy atom. The molecule has 3 rings (SSSR count). The number of fused-ring (bicyclic) bond motifs is 1. The van der Waals surface area contributed by atoms with E-state index in [2.05, 4.69) is 92.0 Å². The highest BCUT2D eigenvalue weighted by molar-refractivity contribution is 6.54. The van der Waals surface area contributed by atoms with Gasteiger partial charge in [-0.2, -0.15) is 0 Å². The summed E-state index contributed by atoms with van der Waals surface area (Å²) in [4.78, 5) is 4.76. The van der Waals surface area contributed by atoms with Crippen molar-refractivity contribution < 1.29 is 9.31 Å². The van der Waals surface area contributed by atoms with Crippen LogP contribution in [-0.2, 0) is 14.7 Å². The van der Waals surface area contributed by atoms with Crippen molar-refractivity contribution in [2.75, 3.05) is 0 Å². The lowest BCUT2D eigenvalue weighted by Gasteiger charge is -2.40. The third kappa shape index (κ3) is 4.39. The average molecular weight is 443 g/mol. The molecule has 0 bridgehead atoms. The highest BCUT2D eigenvalue weighted by Crippen LogP contribution is 2.48.